The van der Waals surface area contributed by atoms with Crippen LogP contribution in [-0.2, 0) is 9.53 Å². The highest BCUT2D eigenvalue weighted by molar-refractivity contribution is 5.84. The van der Waals surface area contributed by atoms with Crippen molar-refractivity contribution in [1.82, 2.24) is 5.32 Å². The Labute approximate surface area is 86.2 Å². The number of methoxy groups -OCH3 is 1. The van der Waals surface area contributed by atoms with Crippen molar-refractivity contribution >= 4 is 5.91 Å². The molecule has 1 atom stereocenters. The molecule has 0 aromatic rings. The van der Waals surface area contributed by atoms with Gasteiger partial charge in [-0.15, -0.1) is 0 Å². The number of amides is 1. The van der Waals surface area contributed by atoms with Gasteiger partial charge in [-0.1, -0.05) is 13.8 Å². The largest absolute Gasteiger partial charge is 0.369 e. The number of carbonyl (C=O) groups is 1. The van der Waals surface area contributed by atoms with Gasteiger partial charge in [0.2, 0.25) is 0 Å². The molecule has 0 saturated heterocycles. The van der Waals surface area contributed by atoms with Crippen molar-refractivity contribution in [2.24, 2.45) is 11.7 Å². The molecule has 0 aromatic heterocycles. The smallest absolute Gasteiger partial charge is 0.251 e. The van der Waals surface area contributed by atoms with Crippen molar-refractivity contribution in [2.45, 2.75) is 39.3 Å². The van der Waals surface area contributed by atoms with Gasteiger partial charge in [0.25, 0.3) is 5.91 Å². The zero-order chi connectivity index (χ0) is 11.4. The lowest BCUT2D eigenvalue weighted by molar-refractivity contribution is -0.139. The summed E-state index contributed by atoms with van der Waals surface area (Å²) in [5.74, 6) is 0.233. The van der Waals surface area contributed by atoms with E-state index < -0.39 is 5.60 Å². The normalized spacial score (nSPS) is 14.2. The minimum absolute atomic E-state index is 0.00777. The third-order valence-electron chi connectivity index (χ3n) is 2.41. The molecule has 0 spiro atoms. The highest BCUT2D eigenvalue weighted by Crippen LogP contribution is 2.07. The Morgan fingerprint density at radius 1 is 1.50 bits per heavy atom. The van der Waals surface area contributed by atoms with Crippen LogP contribution in [0.15, 0.2) is 0 Å². The van der Waals surface area contributed by atoms with Gasteiger partial charge in [0.15, 0.2) is 0 Å². The number of carbonyl (C=O) groups excluding carboxylic acids is 1. The van der Waals surface area contributed by atoms with Gasteiger partial charge >= 0.3 is 0 Å². The summed E-state index contributed by atoms with van der Waals surface area (Å²) in [6, 6.07) is -0.00777. The second-order valence-corrected chi connectivity index (χ2v) is 4.33. The standard InChI is InChI=1S/C10H22N2O2/c1-7(2)8(11)6-12-9(13)10(3,4)14-5/h7-8H,6,11H2,1-5H3,(H,12,13). The fourth-order valence-electron chi connectivity index (χ4n) is 0.752. The van der Waals surface area contributed by atoms with Crippen LogP contribution in [-0.4, -0.2) is 31.2 Å². The Morgan fingerprint density at radius 2 is 2.00 bits per heavy atom. The number of rotatable bonds is 5. The average molecular weight is 202 g/mol. The van der Waals surface area contributed by atoms with E-state index in [1.54, 1.807) is 13.8 Å². The van der Waals surface area contributed by atoms with Gasteiger partial charge in [0.1, 0.15) is 5.60 Å². The molecule has 0 fully saturated rings. The Kier molecular flexibility index (Phi) is 5.08. The van der Waals surface area contributed by atoms with E-state index in [1.165, 1.54) is 7.11 Å². The van der Waals surface area contributed by atoms with Gasteiger partial charge in [0, 0.05) is 19.7 Å². The molecule has 3 N–H and O–H groups in total. The summed E-state index contributed by atoms with van der Waals surface area (Å²) in [5.41, 5.74) is 5.01. The van der Waals surface area contributed by atoms with Crippen LogP contribution in [0.3, 0.4) is 0 Å². The van der Waals surface area contributed by atoms with Crippen LogP contribution in [0.1, 0.15) is 27.7 Å². The second-order valence-electron chi connectivity index (χ2n) is 4.33. The van der Waals surface area contributed by atoms with E-state index >= 15 is 0 Å². The Hall–Kier alpha value is -0.610. The van der Waals surface area contributed by atoms with Crippen molar-refractivity contribution in [3.05, 3.63) is 0 Å². The predicted molar refractivity (Wildman–Crippen MR) is 56.9 cm³/mol. The molecule has 0 aliphatic heterocycles. The van der Waals surface area contributed by atoms with Crippen molar-refractivity contribution < 1.29 is 9.53 Å². The van der Waals surface area contributed by atoms with Crippen LogP contribution in [0.4, 0.5) is 0 Å². The summed E-state index contributed by atoms with van der Waals surface area (Å²) >= 11 is 0. The summed E-state index contributed by atoms with van der Waals surface area (Å²) in [6.45, 7) is 7.99. The number of nitrogens with two attached hydrogens (primary N) is 1. The summed E-state index contributed by atoms with van der Waals surface area (Å²) in [6.07, 6.45) is 0. The highest BCUT2D eigenvalue weighted by atomic mass is 16.5. The molecule has 0 radical (unpaired) electrons. The highest BCUT2D eigenvalue weighted by Gasteiger charge is 2.26. The molecule has 0 saturated carbocycles. The monoisotopic (exact) mass is 202 g/mol. The fourth-order valence-corrected chi connectivity index (χ4v) is 0.752. The van der Waals surface area contributed by atoms with Gasteiger partial charge in [-0.2, -0.15) is 0 Å². The molecule has 84 valence electrons. The fraction of sp³-hybridized carbons (Fsp3) is 0.900. The molecule has 0 heterocycles. The maximum Gasteiger partial charge on any atom is 0.251 e. The molecule has 1 amide bonds. The van der Waals surface area contributed by atoms with Crippen molar-refractivity contribution in [3.8, 4) is 0 Å². The van der Waals surface area contributed by atoms with E-state index in [9.17, 15) is 4.79 Å². The van der Waals surface area contributed by atoms with Crippen LogP contribution in [0.5, 0.6) is 0 Å². The quantitative estimate of drug-likeness (QED) is 0.682. The molecule has 4 nitrogen and oxygen atoms in total. The van der Waals surface area contributed by atoms with Crippen molar-refractivity contribution in [2.75, 3.05) is 13.7 Å². The maximum atomic E-state index is 11.5. The first-order valence-electron chi connectivity index (χ1n) is 4.90. The van der Waals surface area contributed by atoms with Crippen LogP contribution in [0, 0.1) is 5.92 Å². The first-order valence-corrected chi connectivity index (χ1v) is 4.90. The first kappa shape index (κ1) is 13.4. The lowest BCUT2D eigenvalue weighted by atomic mass is 10.0. The minimum atomic E-state index is -0.781. The molecule has 0 aliphatic carbocycles. The predicted octanol–water partition coefficient (Wildman–Crippen LogP) is 0.511. The van der Waals surface area contributed by atoms with Gasteiger partial charge in [0.05, 0.1) is 0 Å². The number of hydrogen-bond donors (Lipinski definition) is 2. The van der Waals surface area contributed by atoms with Gasteiger partial charge < -0.3 is 15.8 Å². The third kappa shape index (κ3) is 4.07. The summed E-state index contributed by atoms with van der Waals surface area (Å²) in [5, 5.41) is 2.77. The van der Waals surface area contributed by atoms with Crippen LogP contribution < -0.4 is 11.1 Å². The topological polar surface area (TPSA) is 64.3 Å². The average Bonchev–Trinajstić information content (AvgIpc) is 2.13. The number of nitrogens with one attached hydrogen (secondary N) is 1. The summed E-state index contributed by atoms with van der Waals surface area (Å²) in [7, 11) is 1.52. The minimum Gasteiger partial charge on any atom is -0.369 e. The van der Waals surface area contributed by atoms with E-state index in [0.29, 0.717) is 12.5 Å². The van der Waals surface area contributed by atoms with Gasteiger partial charge in [-0.25, -0.2) is 0 Å². The molecule has 4 heteroatoms. The van der Waals surface area contributed by atoms with Crippen molar-refractivity contribution in [1.29, 1.82) is 0 Å². The molecule has 14 heavy (non-hydrogen) atoms. The number of ether oxygens (including phenoxy) is 1. The third-order valence-corrected chi connectivity index (χ3v) is 2.41. The molecule has 0 bridgehead atoms. The maximum absolute atomic E-state index is 11.5. The molecular weight excluding hydrogens is 180 g/mol. The zero-order valence-electron chi connectivity index (χ0n) is 9.76. The molecular formula is C10H22N2O2. The molecule has 0 aliphatic rings. The number of hydrogen-bond acceptors (Lipinski definition) is 3. The van der Waals surface area contributed by atoms with E-state index in [2.05, 4.69) is 5.32 Å². The van der Waals surface area contributed by atoms with Crippen LogP contribution in [0.2, 0.25) is 0 Å². The first-order chi connectivity index (χ1) is 6.31. The van der Waals surface area contributed by atoms with Crippen LogP contribution in [0.25, 0.3) is 0 Å². The zero-order valence-corrected chi connectivity index (χ0v) is 9.76. The Bertz CT molecular complexity index is 191. The lowest BCUT2D eigenvalue weighted by Gasteiger charge is -2.24. The molecule has 1 unspecified atom stereocenters. The SMILES string of the molecule is COC(C)(C)C(=O)NCC(N)C(C)C. The van der Waals surface area contributed by atoms with Crippen LogP contribution >= 0.6 is 0 Å². The van der Waals surface area contributed by atoms with E-state index in [4.69, 9.17) is 10.5 Å². The van der Waals surface area contributed by atoms with E-state index in [1.807, 2.05) is 13.8 Å². The van der Waals surface area contributed by atoms with E-state index in [-0.39, 0.29) is 11.9 Å². The van der Waals surface area contributed by atoms with Gasteiger partial charge in [-0.3, -0.25) is 4.79 Å². The summed E-state index contributed by atoms with van der Waals surface area (Å²) < 4.78 is 5.04. The Morgan fingerprint density at radius 3 is 2.36 bits per heavy atom. The van der Waals surface area contributed by atoms with Gasteiger partial charge in [-0.05, 0) is 19.8 Å². The lowest BCUT2D eigenvalue weighted by Crippen LogP contribution is -2.48. The summed E-state index contributed by atoms with van der Waals surface area (Å²) in [4.78, 5) is 11.5. The molecule has 0 rings (SSSR count). The molecule has 0 aromatic carbocycles. The van der Waals surface area contributed by atoms with E-state index in [0.717, 1.165) is 0 Å². The Balaban J connectivity index is 3.97. The second kappa shape index (κ2) is 5.32. The van der Waals surface area contributed by atoms with Crippen molar-refractivity contribution in [3.63, 3.8) is 0 Å².